The number of hydrogen-bond donors (Lipinski definition) is 2. The lowest BCUT2D eigenvalue weighted by molar-refractivity contribution is -0.137. The van der Waals surface area contributed by atoms with Crippen LogP contribution in [0.3, 0.4) is 0 Å². The number of halogens is 4. The number of alkyl halides is 3. The van der Waals surface area contributed by atoms with Crippen LogP contribution >= 0.6 is 15.9 Å². The van der Waals surface area contributed by atoms with E-state index in [0.29, 0.717) is 17.9 Å². The van der Waals surface area contributed by atoms with Gasteiger partial charge < -0.3 is 10.6 Å². The van der Waals surface area contributed by atoms with Gasteiger partial charge in [0.1, 0.15) is 0 Å². The van der Waals surface area contributed by atoms with Gasteiger partial charge in [-0.1, -0.05) is 15.9 Å². The van der Waals surface area contributed by atoms with Gasteiger partial charge in [0.15, 0.2) is 0 Å². The van der Waals surface area contributed by atoms with Gasteiger partial charge in [0.2, 0.25) is 5.91 Å². The summed E-state index contributed by atoms with van der Waals surface area (Å²) < 4.78 is 38.2. The number of nitrogens with one attached hydrogen (secondary N) is 2. The number of carbonyl (C=O) groups is 1. The molecule has 0 aliphatic rings. The minimum atomic E-state index is -4.34. The van der Waals surface area contributed by atoms with Crippen LogP contribution in [0.15, 0.2) is 53.0 Å². The summed E-state index contributed by atoms with van der Waals surface area (Å²) in [7, 11) is 0. The Labute approximate surface area is 140 Å². The highest BCUT2D eigenvalue weighted by Crippen LogP contribution is 2.29. The summed E-state index contributed by atoms with van der Waals surface area (Å²) in [6.45, 7) is 0.327. The van der Waals surface area contributed by atoms with Crippen molar-refractivity contribution in [3.05, 3.63) is 58.6 Å². The molecule has 0 aliphatic heterocycles. The van der Waals surface area contributed by atoms with Crippen LogP contribution in [0, 0.1) is 0 Å². The quantitative estimate of drug-likeness (QED) is 0.766. The molecule has 0 radical (unpaired) electrons. The average molecular weight is 387 g/mol. The summed E-state index contributed by atoms with van der Waals surface area (Å²) in [5.74, 6) is -0.174. The highest BCUT2D eigenvalue weighted by Gasteiger charge is 2.29. The predicted octanol–water partition coefficient (Wildman–Crippen LogP) is 4.91. The lowest BCUT2D eigenvalue weighted by atomic mass is 10.2. The molecule has 0 bridgehead atoms. The van der Waals surface area contributed by atoms with Crippen molar-refractivity contribution < 1.29 is 18.0 Å². The molecule has 0 unspecified atom stereocenters. The van der Waals surface area contributed by atoms with Gasteiger partial charge in [-0.05, 0) is 48.5 Å². The molecule has 0 aliphatic carbocycles. The standard InChI is InChI=1S/C16H14BrF3N2O/c17-12-3-7-14(8-4-12)22-15(23)9-10-21-13-5-1-11(2-6-13)16(18,19)20/h1-8,21H,9-10H2,(H,22,23). The van der Waals surface area contributed by atoms with Crippen molar-refractivity contribution in [2.75, 3.05) is 17.2 Å². The summed E-state index contributed by atoms with van der Waals surface area (Å²) in [6, 6.07) is 11.9. The third kappa shape index (κ3) is 5.59. The van der Waals surface area contributed by atoms with Crippen LogP contribution in [0.25, 0.3) is 0 Å². The lowest BCUT2D eigenvalue weighted by Crippen LogP contribution is -2.16. The van der Waals surface area contributed by atoms with E-state index in [2.05, 4.69) is 26.6 Å². The SMILES string of the molecule is O=C(CCNc1ccc(C(F)(F)F)cc1)Nc1ccc(Br)cc1. The van der Waals surface area contributed by atoms with Crippen molar-refractivity contribution in [2.45, 2.75) is 12.6 Å². The third-order valence-corrected chi connectivity index (χ3v) is 3.55. The predicted molar refractivity (Wildman–Crippen MR) is 87.3 cm³/mol. The highest BCUT2D eigenvalue weighted by atomic mass is 79.9. The van der Waals surface area contributed by atoms with Crippen LogP contribution < -0.4 is 10.6 Å². The molecule has 0 heterocycles. The van der Waals surface area contributed by atoms with E-state index in [4.69, 9.17) is 0 Å². The van der Waals surface area contributed by atoms with Gasteiger partial charge in [0, 0.05) is 28.8 Å². The Morgan fingerprint density at radius 3 is 2.09 bits per heavy atom. The summed E-state index contributed by atoms with van der Waals surface area (Å²) in [6.07, 6.45) is -4.14. The highest BCUT2D eigenvalue weighted by molar-refractivity contribution is 9.10. The zero-order valence-corrected chi connectivity index (χ0v) is 13.5. The molecule has 23 heavy (non-hydrogen) atoms. The summed E-state index contributed by atoms with van der Waals surface area (Å²) >= 11 is 3.30. The van der Waals surface area contributed by atoms with E-state index in [1.165, 1.54) is 12.1 Å². The zero-order valence-electron chi connectivity index (χ0n) is 12.0. The van der Waals surface area contributed by atoms with E-state index >= 15 is 0 Å². The van der Waals surface area contributed by atoms with Crippen LogP contribution in [0.2, 0.25) is 0 Å². The average Bonchev–Trinajstić information content (AvgIpc) is 2.49. The molecule has 2 rings (SSSR count). The molecular formula is C16H14BrF3N2O. The number of amides is 1. The van der Waals surface area contributed by atoms with Gasteiger partial charge in [-0.3, -0.25) is 4.79 Å². The van der Waals surface area contributed by atoms with Crippen molar-refractivity contribution in [1.82, 2.24) is 0 Å². The molecule has 0 saturated carbocycles. The molecule has 0 fully saturated rings. The Hall–Kier alpha value is -2.02. The molecule has 0 atom stereocenters. The fourth-order valence-electron chi connectivity index (χ4n) is 1.85. The van der Waals surface area contributed by atoms with Crippen molar-refractivity contribution in [1.29, 1.82) is 0 Å². The van der Waals surface area contributed by atoms with Crippen LogP contribution in [-0.4, -0.2) is 12.5 Å². The minimum absolute atomic E-state index is 0.174. The fourth-order valence-corrected chi connectivity index (χ4v) is 2.12. The van der Waals surface area contributed by atoms with E-state index < -0.39 is 11.7 Å². The first-order valence-electron chi connectivity index (χ1n) is 6.81. The summed E-state index contributed by atoms with van der Waals surface area (Å²) in [5.41, 5.74) is 0.526. The maximum atomic E-state index is 12.4. The molecule has 0 saturated heterocycles. The Morgan fingerprint density at radius 2 is 1.52 bits per heavy atom. The normalized spacial score (nSPS) is 11.1. The van der Waals surface area contributed by atoms with Gasteiger partial charge in [-0.25, -0.2) is 0 Å². The lowest BCUT2D eigenvalue weighted by Gasteiger charge is -2.10. The molecule has 3 nitrogen and oxygen atoms in total. The smallest absolute Gasteiger partial charge is 0.385 e. The maximum absolute atomic E-state index is 12.4. The van der Waals surface area contributed by atoms with Crippen LogP contribution in [0.4, 0.5) is 24.5 Å². The molecule has 2 aromatic carbocycles. The second-order valence-electron chi connectivity index (χ2n) is 4.81. The first-order chi connectivity index (χ1) is 10.8. The second-order valence-corrected chi connectivity index (χ2v) is 5.72. The largest absolute Gasteiger partial charge is 0.416 e. The molecule has 7 heteroatoms. The molecule has 0 aromatic heterocycles. The van der Waals surface area contributed by atoms with E-state index in [1.54, 1.807) is 12.1 Å². The molecule has 2 N–H and O–H groups in total. The Kier molecular flexibility index (Phi) is 5.65. The van der Waals surface area contributed by atoms with Crippen molar-refractivity contribution >= 4 is 33.2 Å². The first kappa shape index (κ1) is 17.3. The van der Waals surface area contributed by atoms with Gasteiger partial charge >= 0.3 is 6.18 Å². The Bertz CT molecular complexity index is 655. The number of benzene rings is 2. The molecule has 2 aromatic rings. The van der Waals surface area contributed by atoms with E-state index in [-0.39, 0.29) is 12.3 Å². The van der Waals surface area contributed by atoms with E-state index in [9.17, 15) is 18.0 Å². The van der Waals surface area contributed by atoms with E-state index in [1.807, 2.05) is 12.1 Å². The van der Waals surface area contributed by atoms with Crippen LogP contribution in [0.1, 0.15) is 12.0 Å². The van der Waals surface area contributed by atoms with Crippen molar-refractivity contribution in [3.8, 4) is 0 Å². The monoisotopic (exact) mass is 386 g/mol. The van der Waals surface area contributed by atoms with Gasteiger partial charge in [0.05, 0.1) is 5.56 Å². The molecular weight excluding hydrogens is 373 g/mol. The van der Waals surface area contributed by atoms with Gasteiger partial charge in [0.25, 0.3) is 0 Å². The molecule has 0 spiro atoms. The number of rotatable bonds is 5. The molecule has 122 valence electrons. The van der Waals surface area contributed by atoms with Crippen LogP contribution in [-0.2, 0) is 11.0 Å². The zero-order chi connectivity index (χ0) is 16.9. The minimum Gasteiger partial charge on any atom is -0.385 e. The third-order valence-electron chi connectivity index (χ3n) is 3.02. The number of hydrogen-bond acceptors (Lipinski definition) is 2. The first-order valence-corrected chi connectivity index (χ1v) is 7.60. The summed E-state index contributed by atoms with van der Waals surface area (Å²) in [5, 5.41) is 5.65. The topological polar surface area (TPSA) is 41.1 Å². The number of anilines is 2. The maximum Gasteiger partial charge on any atom is 0.416 e. The van der Waals surface area contributed by atoms with E-state index in [0.717, 1.165) is 16.6 Å². The summed E-state index contributed by atoms with van der Waals surface area (Å²) in [4.78, 5) is 11.8. The Balaban J connectivity index is 1.78. The molecule has 1 amide bonds. The van der Waals surface area contributed by atoms with Gasteiger partial charge in [-0.2, -0.15) is 13.2 Å². The van der Waals surface area contributed by atoms with Crippen molar-refractivity contribution in [2.24, 2.45) is 0 Å². The van der Waals surface area contributed by atoms with Gasteiger partial charge in [-0.15, -0.1) is 0 Å². The number of carbonyl (C=O) groups excluding carboxylic acids is 1. The van der Waals surface area contributed by atoms with Crippen molar-refractivity contribution in [3.63, 3.8) is 0 Å². The fraction of sp³-hybridized carbons (Fsp3) is 0.188. The second kappa shape index (κ2) is 7.50. The Morgan fingerprint density at radius 1 is 0.957 bits per heavy atom. The van der Waals surface area contributed by atoms with Crippen LogP contribution in [0.5, 0.6) is 0 Å².